The molecule has 3 rings (SSSR count). The second-order valence-electron chi connectivity index (χ2n) is 8.44. The maximum absolute atomic E-state index is 10.2. The van der Waals surface area contributed by atoms with E-state index < -0.39 is 37.3 Å². The largest absolute Gasteiger partial charge is 0.394 e. The fourth-order valence-corrected chi connectivity index (χ4v) is 3.93. The zero-order valence-corrected chi connectivity index (χ0v) is 19.5. The van der Waals surface area contributed by atoms with Gasteiger partial charge in [0.25, 0.3) is 0 Å². The van der Waals surface area contributed by atoms with Crippen molar-refractivity contribution in [3.63, 3.8) is 0 Å². The molecule has 8 heteroatoms. The Morgan fingerprint density at radius 1 is 0.794 bits per heavy atom. The summed E-state index contributed by atoms with van der Waals surface area (Å²) in [5.41, 5.74) is 2.11. The number of ether oxygens (including phenoxy) is 4. The Labute approximate surface area is 200 Å². The van der Waals surface area contributed by atoms with Crippen LogP contribution in [0.2, 0.25) is 0 Å². The van der Waals surface area contributed by atoms with Crippen LogP contribution in [0.25, 0.3) is 0 Å². The van der Waals surface area contributed by atoms with Gasteiger partial charge in [-0.3, -0.25) is 0 Å². The predicted octanol–water partition coefficient (Wildman–Crippen LogP) is 1.77. The Morgan fingerprint density at radius 3 is 1.88 bits per heavy atom. The normalized spacial score (nSPS) is 26.8. The van der Waals surface area contributed by atoms with Gasteiger partial charge in [0.1, 0.15) is 24.4 Å². The molecule has 2 aromatic rings. The van der Waals surface area contributed by atoms with Gasteiger partial charge in [0, 0.05) is 0 Å². The molecule has 0 unspecified atom stereocenters. The fraction of sp³-hybridized carbons (Fsp3) is 0.538. The molecule has 1 fully saturated rings. The van der Waals surface area contributed by atoms with E-state index >= 15 is 0 Å². The monoisotopic (exact) mass is 476 g/mol. The number of benzene rings is 2. The number of hydrogen-bond donors (Lipinski definition) is 4. The van der Waals surface area contributed by atoms with Gasteiger partial charge in [-0.2, -0.15) is 0 Å². The molecule has 1 aliphatic heterocycles. The van der Waals surface area contributed by atoms with Gasteiger partial charge < -0.3 is 39.4 Å². The highest BCUT2D eigenvalue weighted by Gasteiger charge is 2.44. The van der Waals surface area contributed by atoms with Gasteiger partial charge >= 0.3 is 0 Å². The molecule has 1 saturated heterocycles. The molecule has 7 atom stereocenters. The smallest absolute Gasteiger partial charge is 0.186 e. The summed E-state index contributed by atoms with van der Waals surface area (Å²) in [4.78, 5) is 0. The molecular weight excluding hydrogens is 440 g/mol. The lowest BCUT2D eigenvalue weighted by molar-refractivity contribution is -0.302. The Kier molecular flexibility index (Phi) is 10.9. The number of rotatable bonds is 13. The number of aliphatic hydroxyl groups excluding tert-OH is 4. The summed E-state index contributed by atoms with van der Waals surface area (Å²) >= 11 is 0. The summed E-state index contributed by atoms with van der Waals surface area (Å²) < 4.78 is 23.5. The Morgan fingerprint density at radius 2 is 1.35 bits per heavy atom. The van der Waals surface area contributed by atoms with Crippen molar-refractivity contribution < 1.29 is 39.4 Å². The number of aliphatic hydroxyl groups is 4. The molecule has 4 N–H and O–H groups in total. The highest BCUT2D eigenvalue weighted by atomic mass is 16.7. The average Bonchev–Trinajstić information content (AvgIpc) is 2.88. The minimum atomic E-state index is -1.47. The van der Waals surface area contributed by atoms with Crippen LogP contribution in [0.15, 0.2) is 60.7 Å². The van der Waals surface area contributed by atoms with Gasteiger partial charge in [-0.15, -0.1) is 0 Å². The van der Waals surface area contributed by atoms with Crippen molar-refractivity contribution in [3.05, 3.63) is 71.8 Å². The van der Waals surface area contributed by atoms with Crippen molar-refractivity contribution in [3.8, 4) is 0 Å². The van der Waals surface area contributed by atoms with Gasteiger partial charge in [0.15, 0.2) is 6.29 Å². The van der Waals surface area contributed by atoms with Crippen LogP contribution in [-0.4, -0.2) is 76.6 Å². The summed E-state index contributed by atoms with van der Waals surface area (Å²) in [5, 5.41) is 39.5. The van der Waals surface area contributed by atoms with Crippen LogP contribution in [0.5, 0.6) is 0 Å². The van der Waals surface area contributed by atoms with Crippen LogP contribution in [0.4, 0.5) is 0 Å². The zero-order valence-electron chi connectivity index (χ0n) is 19.5. The molecule has 0 aromatic heterocycles. The molecule has 0 saturated carbocycles. The predicted molar refractivity (Wildman–Crippen MR) is 125 cm³/mol. The first-order valence-electron chi connectivity index (χ1n) is 11.8. The lowest BCUT2D eigenvalue weighted by atomic mass is 9.99. The van der Waals surface area contributed by atoms with E-state index in [0.29, 0.717) is 19.6 Å². The van der Waals surface area contributed by atoms with Crippen molar-refractivity contribution in [2.45, 2.75) is 75.9 Å². The second-order valence-corrected chi connectivity index (χ2v) is 8.44. The molecular formula is C26H36O8. The summed E-state index contributed by atoms with van der Waals surface area (Å²) in [6.07, 6.45) is -5.81. The SMILES string of the molecule is CC[C@@H](OCc1ccccc1)[C@H](CCO[C@H]1O[C@H](CO)[C@H](O)[C@H](O)[C@H]1O)OCc1ccccc1. The Bertz CT molecular complexity index is 803. The van der Waals surface area contributed by atoms with E-state index in [2.05, 4.69) is 0 Å². The summed E-state index contributed by atoms with van der Waals surface area (Å²) in [5.74, 6) is 0. The van der Waals surface area contributed by atoms with Gasteiger partial charge in [0.05, 0.1) is 38.6 Å². The maximum Gasteiger partial charge on any atom is 0.186 e. The Hall–Kier alpha value is -1.88. The minimum Gasteiger partial charge on any atom is -0.394 e. The lowest BCUT2D eigenvalue weighted by Gasteiger charge is -2.39. The van der Waals surface area contributed by atoms with Gasteiger partial charge in [-0.25, -0.2) is 0 Å². The number of hydrogen-bond acceptors (Lipinski definition) is 8. The first kappa shape index (κ1) is 26.7. The van der Waals surface area contributed by atoms with Crippen LogP contribution >= 0.6 is 0 Å². The molecule has 34 heavy (non-hydrogen) atoms. The first-order valence-corrected chi connectivity index (χ1v) is 11.8. The van der Waals surface area contributed by atoms with Crippen molar-refractivity contribution in [1.82, 2.24) is 0 Å². The first-order chi connectivity index (χ1) is 16.5. The van der Waals surface area contributed by atoms with Crippen molar-refractivity contribution in [2.24, 2.45) is 0 Å². The molecule has 2 aromatic carbocycles. The molecule has 0 aliphatic carbocycles. The quantitative estimate of drug-likeness (QED) is 0.346. The summed E-state index contributed by atoms with van der Waals surface area (Å²) in [6, 6.07) is 19.8. The molecule has 0 amide bonds. The Balaban J connectivity index is 1.60. The molecule has 0 bridgehead atoms. The van der Waals surface area contributed by atoms with Crippen LogP contribution in [0.3, 0.4) is 0 Å². The molecule has 0 radical (unpaired) electrons. The molecule has 0 spiro atoms. The standard InChI is InChI=1S/C26H36O8/c1-2-20(32-16-18-9-5-3-6-10-18)21(33-17-19-11-7-4-8-12-19)13-14-31-26-25(30)24(29)23(28)22(15-27)34-26/h3-12,20-30H,2,13-17H2,1H3/t20-,21+,22-,23+,24+,25-,26+/m1/s1. The zero-order chi connectivity index (χ0) is 24.3. The molecule has 1 aliphatic rings. The van der Waals surface area contributed by atoms with Gasteiger partial charge in [-0.05, 0) is 24.0 Å². The van der Waals surface area contributed by atoms with Crippen LogP contribution < -0.4 is 0 Å². The minimum absolute atomic E-state index is 0.160. The van der Waals surface area contributed by atoms with E-state index in [-0.39, 0.29) is 18.8 Å². The molecule has 1 heterocycles. The molecule has 8 nitrogen and oxygen atoms in total. The second kappa shape index (κ2) is 13.9. The average molecular weight is 477 g/mol. The van der Waals surface area contributed by atoms with E-state index in [4.69, 9.17) is 18.9 Å². The van der Waals surface area contributed by atoms with E-state index in [9.17, 15) is 20.4 Å². The topological polar surface area (TPSA) is 118 Å². The third-order valence-electron chi connectivity index (χ3n) is 5.96. The maximum atomic E-state index is 10.2. The van der Waals surface area contributed by atoms with E-state index in [1.54, 1.807) is 0 Å². The van der Waals surface area contributed by atoms with Crippen LogP contribution in [0.1, 0.15) is 30.9 Å². The lowest BCUT2D eigenvalue weighted by Crippen LogP contribution is -2.59. The van der Waals surface area contributed by atoms with Crippen LogP contribution in [0, 0.1) is 0 Å². The third-order valence-corrected chi connectivity index (χ3v) is 5.96. The van der Waals surface area contributed by atoms with Crippen molar-refractivity contribution >= 4 is 0 Å². The van der Waals surface area contributed by atoms with Crippen molar-refractivity contribution in [2.75, 3.05) is 13.2 Å². The van der Waals surface area contributed by atoms with Gasteiger partial charge in [0.2, 0.25) is 0 Å². The highest BCUT2D eigenvalue weighted by molar-refractivity contribution is 5.14. The summed E-state index contributed by atoms with van der Waals surface area (Å²) in [7, 11) is 0. The summed E-state index contributed by atoms with van der Waals surface area (Å²) in [6.45, 7) is 2.56. The van der Waals surface area contributed by atoms with E-state index in [0.717, 1.165) is 17.5 Å². The van der Waals surface area contributed by atoms with Crippen molar-refractivity contribution in [1.29, 1.82) is 0 Å². The van der Waals surface area contributed by atoms with Crippen LogP contribution in [-0.2, 0) is 32.2 Å². The third kappa shape index (κ3) is 7.56. The van der Waals surface area contributed by atoms with E-state index in [1.165, 1.54) is 0 Å². The highest BCUT2D eigenvalue weighted by Crippen LogP contribution is 2.23. The van der Waals surface area contributed by atoms with E-state index in [1.807, 2.05) is 67.6 Å². The van der Waals surface area contributed by atoms with Gasteiger partial charge in [-0.1, -0.05) is 67.6 Å². The fourth-order valence-electron chi connectivity index (χ4n) is 3.93. The molecule has 188 valence electrons.